The lowest BCUT2D eigenvalue weighted by Gasteiger charge is -2.08. The summed E-state index contributed by atoms with van der Waals surface area (Å²) in [7, 11) is 0. The van der Waals surface area contributed by atoms with Gasteiger partial charge >= 0.3 is 0 Å². The van der Waals surface area contributed by atoms with Crippen molar-refractivity contribution in [3.63, 3.8) is 0 Å². The summed E-state index contributed by atoms with van der Waals surface area (Å²) in [5.41, 5.74) is -0.822. The molecule has 0 amide bonds. The van der Waals surface area contributed by atoms with E-state index in [9.17, 15) is 22.0 Å². The molecular weight excluding hydrogens is 293 g/mol. The highest BCUT2D eigenvalue weighted by atomic mass is 32.2. The molecular formula is C10H2F5NS2. The summed E-state index contributed by atoms with van der Waals surface area (Å²) in [6, 6.07) is 0. The first-order valence-electron chi connectivity index (χ1n) is 4.63. The van der Waals surface area contributed by atoms with Crippen molar-refractivity contribution in [3.8, 4) is 0 Å². The van der Waals surface area contributed by atoms with Crippen molar-refractivity contribution in [1.82, 2.24) is 4.98 Å². The lowest BCUT2D eigenvalue weighted by Crippen LogP contribution is -2.02. The third-order valence-corrected chi connectivity index (χ3v) is 4.74. The van der Waals surface area contributed by atoms with Crippen LogP contribution < -0.4 is 0 Å². The van der Waals surface area contributed by atoms with Crippen LogP contribution in [0, 0.1) is 29.2 Å². The van der Waals surface area contributed by atoms with Gasteiger partial charge in [-0.1, -0.05) is 0 Å². The number of rotatable bonds is 0. The molecule has 0 radical (unpaired) electrons. The van der Waals surface area contributed by atoms with E-state index in [1.807, 2.05) is 0 Å². The third kappa shape index (κ3) is 1.45. The van der Waals surface area contributed by atoms with Crippen LogP contribution >= 0.6 is 23.5 Å². The minimum absolute atomic E-state index is 0.0519. The van der Waals surface area contributed by atoms with Crippen molar-refractivity contribution in [2.75, 3.05) is 5.08 Å². The second-order valence-electron chi connectivity index (χ2n) is 3.45. The van der Waals surface area contributed by atoms with Gasteiger partial charge in [0.1, 0.15) is 5.52 Å². The Bertz CT molecular complexity index is 688. The molecule has 0 unspecified atom stereocenters. The zero-order valence-electron chi connectivity index (χ0n) is 8.36. The molecule has 2 aromatic rings. The van der Waals surface area contributed by atoms with Crippen molar-refractivity contribution >= 4 is 34.4 Å². The predicted molar refractivity (Wildman–Crippen MR) is 58.1 cm³/mol. The molecule has 0 atom stereocenters. The maximum absolute atomic E-state index is 14.0. The van der Waals surface area contributed by atoms with Gasteiger partial charge in [0.2, 0.25) is 0 Å². The van der Waals surface area contributed by atoms with Gasteiger partial charge < -0.3 is 0 Å². The molecule has 0 spiro atoms. The largest absolute Gasteiger partial charge is 0.250 e. The molecule has 1 aromatic carbocycles. The van der Waals surface area contributed by atoms with E-state index >= 15 is 0 Å². The fourth-order valence-corrected chi connectivity index (χ4v) is 3.86. The van der Waals surface area contributed by atoms with E-state index < -0.39 is 45.0 Å². The van der Waals surface area contributed by atoms with E-state index in [0.29, 0.717) is 11.8 Å². The van der Waals surface area contributed by atoms with Gasteiger partial charge in [-0.2, -0.15) is 4.39 Å². The maximum Gasteiger partial charge on any atom is 0.250 e. The molecule has 1 aliphatic heterocycles. The molecule has 0 aliphatic carbocycles. The monoisotopic (exact) mass is 295 g/mol. The zero-order valence-corrected chi connectivity index (χ0v) is 9.99. The quantitative estimate of drug-likeness (QED) is 0.413. The van der Waals surface area contributed by atoms with Gasteiger partial charge in [-0.25, -0.2) is 22.5 Å². The Labute approximate surface area is 106 Å². The van der Waals surface area contributed by atoms with Crippen LogP contribution in [0.2, 0.25) is 0 Å². The van der Waals surface area contributed by atoms with Crippen molar-refractivity contribution in [2.45, 2.75) is 9.79 Å². The summed E-state index contributed by atoms with van der Waals surface area (Å²) >= 11 is 1.48. The molecule has 1 nitrogen and oxygen atoms in total. The summed E-state index contributed by atoms with van der Waals surface area (Å²) in [4.78, 5) is 2.05. The van der Waals surface area contributed by atoms with E-state index in [0.717, 1.165) is 11.8 Å². The summed E-state index contributed by atoms with van der Waals surface area (Å²) in [5.74, 6) is -6.89. The van der Waals surface area contributed by atoms with Crippen molar-refractivity contribution in [2.24, 2.45) is 0 Å². The predicted octanol–water partition coefficient (Wildman–Crippen LogP) is 4.09. The van der Waals surface area contributed by atoms with Crippen LogP contribution in [0.5, 0.6) is 0 Å². The van der Waals surface area contributed by atoms with Crippen LogP contribution in [-0.2, 0) is 0 Å². The fraction of sp³-hybridized carbons (Fsp3) is 0.100. The number of fused-ring (bicyclic) bond motifs is 1. The van der Waals surface area contributed by atoms with Gasteiger partial charge in [0.25, 0.3) is 5.95 Å². The number of halogens is 5. The number of nitrogens with zero attached hydrogens (tertiary/aromatic N) is 1. The lowest BCUT2D eigenvalue weighted by atomic mass is 10.2. The molecule has 94 valence electrons. The molecule has 1 aromatic heterocycles. The smallest absolute Gasteiger partial charge is 0.214 e. The number of hydrogen-bond acceptors (Lipinski definition) is 3. The molecule has 2 heterocycles. The van der Waals surface area contributed by atoms with Crippen LogP contribution in [-0.4, -0.2) is 10.1 Å². The Hall–Kier alpha value is -1.02. The van der Waals surface area contributed by atoms with Gasteiger partial charge in [0.15, 0.2) is 23.3 Å². The number of benzene rings is 1. The highest BCUT2D eigenvalue weighted by molar-refractivity contribution is 8.16. The first kappa shape index (κ1) is 12.0. The summed E-state index contributed by atoms with van der Waals surface area (Å²) in [5, 5.41) is -0.450. The molecule has 3 rings (SSSR count). The van der Waals surface area contributed by atoms with Crippen LogP contribution in [0.1, 0.15) is 0 Å². The number of hydrogen-bond donors (Lipinski definition) is 0. The topological polar surface area (TPSA) is 12.9 Å². The Morgan fingerprint density at radius 2 is 1.44 bits per heavy atom. The first-order chi connectivity index (χ1) is 8.52. The molecule has 8 heteroatoms. The Morgan fingerprint density at radius 1 is 0.778 bits per heavy atom. The van der Waals surface area contributed by atoms with Gasteiger partial charge in [-0.3, -0.25) is 0 Å². The number of thioether (sulfide) groups is 2. The Balaban J connectivity index is 2.61. The molecule has 0 saturated heterocycles. The molecule has 2 bridgehead atoms. The van der Waals surface area contributed by atoms with Gasteiger partial charge in [0.05, 0.1) is 15.2 Å². The van der Waals surface area contributed by atoms with Gasteiger partial charge in [0, 0.05) is 5.08 Å². The van der Waals surface area contributed by atoms with Crippen LogP contribution in [0.25, 0.3) is 10.9 Å². The fourth-order valence-electron chi connectivity index (χ4n) is 1.70. The summed E-state index contributed by atoms with van der Waals surface area (Å²) in [6.45, 7) is 0. The SMILES string of the molecule is Fc1nc2c(F)c(F)c3c(F)c2c(c1F)SCS3. The highest BCUT2D eigenvalue weighted by Gasteiger charge is 2.29. The van der Waals surface area contributed by atoms with Gasteiger partial charge in [-0.05, 0) is 0 Å². The normalized spacial score (nSPS) is 14.3. The minimum atomic E-state index is -1.57. The van der Waals surface area contributed by atoms with Crippen LogP contribution in [0.4, 0.5) is 22.0 Å². The second kappa shape index (κ2) is 3.99. The standard InChI is InChI=1S/C10H2F5NS2/c11-3-2-7-4(12)5(13)9(3)18-1-17-8(2)6(14)10(15)16-7/h1H2. The summed E-state index contributed by atoms with van der Waals surface area (Å²) in [6.07, 6.45) is 0. The van der Waals surface area contributed by atoms with Crippen LogP contribution in [0.15, 0.2) is 9.79 Å². The maximum atomic E-state index is 14.0. The minimum Gasteiger partial charge on any atom is -0.214 e. The van der Waals surface area contributed by atoms with E-state index in [2.05, 4.69) is 4.98 Å². The van der Waals surface area contributed by atoms with Crippen molar-refractivity contribution in [1.29, 1.82) is 0 Å². The Kier molecular flexibility index (Phi) is 2.67. The average molecular weight is 295 g/mol. The summed E-state index contributed by atoms with van der Waals surface area (Å²) < 4.78 is 67.8. The molecule has 0 fully saturated rings. The van der Waals surface area contributed by atoms with Gasteiger partial charge in [-0.15, -0.1) is 23.5 Å². The van der Waals surface area contributed by atoms with E-state index in [1.165, 1.54) is 0 Å². The Morgan fingerprint density at radius 3 is 2.17 bits per heavy atom. The van der Waals surface area contributed by atoms with E-state index in [-0.39, 0.29) is 9.98 Å². The zero-order chi connectivity index (χ0) is 13.0. The van der Waals surface area contributed by atoms with E-state index in [4.69, 9.17) is 0 Å². The highest BCUT2D eigenvalue weighted by Crippen LogP contribution is 2.44. The molecule has 1 aliphatic rings. The van der Waals surface area contributed by atoms with E-state index in [1.54, 1.807) is 0 Å². The molecule has 18 heavy (non-hydrogen) atoms. The van der Waals surface area contributed by atoms with Crippen molar-refractivity contribution < 1.29 is 22.0 Å². The number of aromatic nitrogens is 1. The molecule has 0 N–H and O–H groups in total. The second-order valence-corrected chi connectivity index (χ2v) is 5.78. The first-order valence-corrected chi connectivity index (χ1v) is 6.60. The third-order valence-electron chi connectivity index (χ3n) is 2.48. The van der Waals surface area contributed by atoms with Crippen LogP contribution in [0.3, 0.4) is 0 Å². The average Bonchev–Trinajstić information content (AvgIpc) is 2.49. The number of pyridine rings is 1. The van der Waals surface area contributed by atoms with Crippen molar-refractivity contribution in [3.05, 3.63) is 29.2 Å². The molecule has 0 saturated carbocycles. The lowest BCUT2D eigenvalue weighted by molar-refractivity contribution is 0.453.